The molecule has 0 aliphatic heterocycles. The molecule has 2 aromatic carbocycles. The fraction of sp³-hybridized carbons (Fsp3) is 0.300. The van der Waals surface area contributed by atoms with E-state index in [2.05, 4.69) is 5.32 Å². The smallest absolute Gasteiger partial charge is 0.224 e. The Bertz CT molecular complexity index is 738. The molecule has 0 spiro atoms. The molecule has 0 heterocycles. The van der Waals surface area contributed by atoms with Crippen molar-refractivity contribution in [3.05, 3.63) is 59.2 Å². The Labute approximate surface area is 148 Å². The highest BCUT2D eigenvalue weighted by molar-refractivity contribution is 5.94. The van der Waals surface area contributed by atoms with Gasteiger partial charge in [-0.3, -0.25) is 9.59 Å². The van der Waals surface area contributed by atoms with Crippen LogP contribution in [0, 0.1) is 6.92 Å². The molecule has 2 rings (SSSR count). The van der Waals surface area contributed by atoms with Crippen molar-refractivity contribution in [3.8, 4) is 11.5 Å². The first-order valence-electron chi connectivity index (χ1n) is 8.13. The molecule has 0 radical (unpaired) electrons. The number of ether oxygens (including phenoxy) is 2. The molecule has 0 aromatic heterocycles. The molecule has 5 nitrogen and oxygen atoms in total. The van der Waals surface area contributed by atoms with Crippen LogP contribution in [0.3, 0.4) is 0 Å². The van der Waals surface area contributed by atoms with Crippen molar-refractivity contribution in [2.24, 2.45) is 0 Å². The number of hydrogen-bond donors (Lipinski definition) is 1. The van der Waals surface area contributed by atoms with Crippen LogP contribution in [0.4, 0.5) is 0 Å². The number of Topliss-reactive ketones (excluding diaryl/α,β-unsaturated/α-hetero) is 1. The Morgan fingerprint density at radius 1 is 1.08 bits per heavy atom. The van der Waals surface area contributed by atoms with Crippen LogP contribution in [-0.2, 0) is 11.2 Å². The lowest BCUT2D eigenvalue weighted by Gasteiger charge is -2.11. The molecule has 25 heavy (non-hydrogen) atoms. The second-order valence-corrected chi connectivity index (χ2v) is 5.77. The first kappa shape index (κ1) is 18.5. The molecule has 0 aliphatic rings. The molecule has 0 bridgehead atoms. The number of carbonyl (C=O) groups excluding carboxylic acids is 2. The Morgan fingerprint density at radius 2 is 1.80 bits per heavy atom. The minimum absolute atomic E-state index is 0.0455. The summed E-state index contributed by atoms with van der Waals surface area (Å²) in [7, 11) is 1.54. The van der Waals surface area contributed by atoms with Crippen LogP contribution in [0.25, 0.3) is 0 Å². The molecule has 1 amide bonds. The number of methoxy groups -OCH3 is 1. The first-order chi connectivity index (χ1) is 12.0. The number of benzene rings is 2. The van der Waals surface area contributed by atoms with Crippen LogP contribution in [-0.4, -0.2) is 32.0 Å². The number of amides is 1. The summed E-state index contributed by atoms with van der Waals surface area (Å²) in [5, 5.41) is 2.81. The molecule has 0 unspecified atom stereocenters. The fourth-order valence-corrected chi connectivity index (χ4v) is 2.37. The standard InChI is InChI=1S/C20H23NO4/c1-14-4-7-18(8-5-14)25-11-10-21-20(23)13-17-12-16(15(2)22)6-9-19(17)24-3/h4-9,12H,10-11,13H2,1-3H3,(H,21,23). The van der Waals surface area contributed by atoms with Gasteiger partial charge in [0.1, 0.15) is 18.1 Å². The van der Waals surface area contributed by atoms with Crippen LogP contribution in [0.2, 0.25) is 0 Å². The van der Waals surface area contributed by atoms with E-state index in [1.165, 1.54) is 12.5 Å². The summed E-state index contributed by atoms with van der Waals surface area (Å²) in [6.07, 6.45) is 0.148. The topological polar surface area (TPSA) is 64.6 Å². The van der Waals surface area contributed by atoms with Crippen LogP contribution in [0.15, 0.2) is 42.5 Å². The van der Waals surface area contributed by atoms with Crippen LogP contribution in [0.1, 0.15) is 28.4 Å². The van der Waals surface area contributed by atoms with E-state index in [0.29, 0.717) is 30.0 Å². The minimum Gasteiger partial charge on any atom is -0.496 e. The van der Waals surface area contributed by atoms with Crippen LogP contribution >= 0.6 is 0 Å². The van der Waals surface area contributed by atoms with Gasteiger partial charge in [-0.15, -0.1) is 0 Å². The molecule has 0 aliphatic carbocycles. The van der Waals surface area contributed by atoms with Crippen molar-refractivity contribution in [2.45, 2.75) is 20.3 Å². The maximum atomic E-state index is 12.1. The third-order valence-corrected chi connectivity index (χ3v) is 3.75. The summed E-state index contributed by atoms with van der Waals surface area (Å²) in [4.78, 5) is 23.6. The van der Waals surface area contributed by atoms with E-state index in [0.717, 1.165) is 5.75 Å². The van der Waals surface area contributed by atoms with Gasteiger partial charge < -0.3 is 14.8 Å². The van der Waals surface area contributed by atoms with Gasteiger partial charge in [0.15, 0.2) is 5.78 Å². The summed E-state index contributed by atoms with van der Waals surface area (Å²) in [5.41, 5.74) is 2.42. The van der Waals surface area contributed by atoms with E-state index in [9.17, 15) is 9.59 Å². The van der Waals surface area contributed by atoms with Gasteiger partial charge in [-0.05, 0) is 44.2 Å². The summed E-state index contributed by atoms with van der Waals surface area (Å²) >= 11 is 0. The zero-order chi connectivity index (χ0) is 18.2. The third kappa shape index (κ3) is 5.64. The molecular weight excluding hydrogens is 318 g/mol. The number of rotatable bonds is 8. The second-order valence-electron chi connectivity index (χ2n) is 5.77. The fourth-order valence-electron chi connectivity index (χ4n) is 2.37. The number of ketones is 1. The number of carbonyl (C=O) groups is 2. The molecular formula is C20H23NO4. The van der Waals surface area contributed by atoms with Gasteiger partial charge >= 0.3 is 0 Å². The van der Waals surface area contributed by atoms with Crippen LogP contribution < -0.4 is 14.8 Å². The van der Waals surface area contributed by atoms with Gasteiger partial charge in [0.2, 0.25) is 5.91 Å². The molecule has 0 fully saturated rings. The maximum Gasteiger partial charge on any atom is 0.224 e. The normalized spacial score (nSPS) is 10.2. The number of aryl methyl sites for hydroxylation is 1. The maximum absolute atomic E-state index is 12.1. The van der Waals surface area contributed by atoms with Crippen molar-refractivity contribution in [1.82, 2.24) is 5.32 Å². The minimum atomic E-state index is -0.147. The predicted octanol–water partition coefficient (Wildman–Crippen LogP) is 2.94. The van der Waals surface area contributed by atoms with Crippen molar-refractivity contribution in [3.63, 3.8) is 0 Å². The Hall–Kier alpha value is -2.82. The molecule has 0 saturated carbocycles. The van der Waals surface area contributed by atoms with Crippen molar-refractivity contribution < 1.29 is 19.1 Å². The Kier molecular flexibility index (Phi) is 6.57. The van der Waals surface area contributed by atoms with Crippen LogP contribution in [0.5, 0.6) is 11.5 Å². The summed E-state index contributed by atoms with van der Waals surface area (Å²) in [6, 6.07) is 12.8. The van der Waals surface area contributed by atoms with E-state index >= 15 is 0 Å². The average molecular weight is 341 g/mol. The average Bonchev–Trinajstić information content (AvgIpc) is 2.60. The SMILES string of the molecule is COc1ccc(C(C)=O)cc1CC(=O)NCCOc1ccc(C)cc1. The lowest BCUT2D eigenvalue weighted by molar-refractivity contribution is -0.120. The highest BCUT2D eigenvalue weighted by atomic mass is 16.5. The summed E-state index contributed by atoms with van der Waals surface area (Å²) in [5.74, 6) is 1.18. The van der Waals surface area contributed by atoms with E-state index in [1.54, 1.807) is 25.3 Å². The monoisotopic (exact) mass is 341 g/mol. The molecule has 0 saturated heterocycles. The Morgan fingerprint density at radius 3 is 2.44 bits per heavy atom. The zero-order valence-electron chi connectivity index (χ0n) is 14.8. The van der Waals surface area contributed by atoms with Gasteiger partial charge in [-0.2, -0.15) is 0 Å². The lowest BCUT2D eigenvalue weighted by atomic mass is 10.0. The predicted molar refractivity (Wildman–Crippen MR) is 96.4 cm³/mol. The molecule has 5 heteroatoms. The highest BCUT2D eigenvalue weighted by Gasteiger charge is 2.11. The molecule has 2 aromatic rings. The van der Waals surface area contributed by atoms with E-state index < -0.39 is 0 Å². The first-order valence-corrected chi connectivity index (χ1v) is 8.13. The van der Waals surface area contributed by atoms with Crippen molar-refractivity contribution >= 4 is 11.7 Å². The van der Waals surface area contributed by atoms with E-state index in [-0.39, 0.29) is 18.1 Å². The Balaban J connectivity index is 1.84. The van der Waals surface area contributed by atoms with Gasteiger partial charge in [0, 0.05) is 11.1 Å². The van der Waals surface area contributed by atoms with Gasteiger partial charge in [0.25, 0.3) is 0 Å². The van der Waals surface area contributed by atoms with Gasteiger partial charge in [0.05, 0.1) is 20.1 Å². The number of hydrogen-bond acceptors (Lipinski definition) is 4. The van der Waals surface area contributed by atoms with E-state index in [1.807, 2.05) is 31.2 Å². The number of nitrogens with one attached hydrogen (secondary N) is 1. The zero-order valence-corrected chi connectivity index (χ0v) is 14.8. The highest BCUT2D eigenvalue weighted by Crippen LogP contribution is 2.20. The largest absolute Gasteiger partial charge is 0.496 e. The lowest BCUT2D eigenvalue weighted by Crippen LogP contribution is -2.29. The van der Waals surface area contributed by atoms with Crippen molar-refractivity contribution in [1.29, 1.82) is 0 Å². The van der Waals surface area contributed by atoms with E-state index in [4.69, 9.17) is 9.47 Å². The third-order valence-electron chi connectivity index (χ3n) is 3.75. The molecule has 132 valence electrons. The van der Waals surface area contributed by atoms with Crippen molar-refractivity contribution in [2.75, 3.05) is 20.3 Å². The molecule has 1 N–H and O–H groups in total. The van der Waals surface area contributed by atoms with Gasteiger partial charge in [-0.1, -0.05) is 17.7 Å². The second kappa shape index (κ2) is 8.87. The quantitative estimate of drug-likeness (QED) is 0.592. The van der Waals surface area contributed by atoms with Gasteiger partial charge in [-0.25, -0.2) is 0 Å². The summed E-state index contributed by atoms with van der Waals surface area (Å²) < 4.78 is 10.8. The molecule has 0 atom stereocenters. The summed E-state index contributed by atoms with van der Waals surface area (Å²) in [6.45, 7) is 4.30.